The molecule has 1 atom stereocenters. The van der Waals surface area contributed by atoms with E-state index in [1.807, 2.05) is 5.32 Å². The van der Waals surface area contributed by atoms with Crippen LogP contribution in [0.3, 0.4) is 0 Å². The molecule has 10 heavy (non-hydrogen) atoms. The first-order valence-electron chi connectivity index (χ1n) is 2.67. The topological polar surface area (TPSA) is 93.0 Å². The van der Waals surface area contributed by atoms with Crippen LogP contribution in [0.5, 0.6) is 0 Å². The highest BCUT2D eigenvalue weighted by molar-refractivity contribution is 7.81. The number of aliphatic hydroxyl groups is 4. The minimum Gasteiger partial charge on any atom is -0.395 e. The van der Waals surface area contributed by atoms with E-state index in [4.69, 9.17) is 20.4 Å². The van der Waals surface area contributed by atoms with Gasteiger partial charge in [0, 0.05) is 11.8 Å². The van der Waals surface area contributed by atoms with E-state index in [9.17, 15) is 0 Å². The van der Waals surface area contributed by atoms with Gasteiger partial charge >= 0.3 is 6.10 Å². The normalized spacial score (nSPS) is 15.3. The monoisotopic (exact) mass is 169 g/mol. The van der Waals surface area contributed by atoms with Gasteiger partial charge in [0.2, 0.25) is 0 Å². The van der Waals surface area contributed by atoms with Gasteiger partial charge in [-0.05, 0) is 0 Å². The fraction of sp³-hybridized carbons (Fsp3) is 1.00. The van der Waals surface area contributed by atoms with Crippen molar-refractivity contribution in [2.75, 3.05) is 13.2 Å². The highest BCUT2D eigenvalue weighted by Gasteiger charge is 2.17. The van der Waals surface area contributed by atoms with E-state index in [1.165, 1.54) is 0 Å². The van der Waals surface area contributed by atoms with Crippen LogP contribution in [0.15, 0.2) is 0 Å². The molecule has 0 saturated carbocycles. The first-order valence-corrected chi connectivity index (χ1v) is 3.18. The number of hydrogen-bond acceptors (Lipinski definition) is 6. The molecule has 0 aromatic rings. The van der Waals surface area contributed by atoms with Crippen molar-refractivity contribution in [2.24, 2.45) is 0 Å². The molecule has 1 unspecified atom stereocenters. The minimum atomic E-state index is -2.88. The van der Waals surface area contributed by atoms with E-state index in [-0.39, 0.29) is 13.2 Å². The van der Waals surface area contributed by atoms with Crippen molar-refractivity contribution < 1.29 is 20.4 Å². The standard InChI is InChI=1S/C4H11NO4S/c6-2-3(10)1-5-4(7,8)9/h3,5-10H,1-2H2. The second-order valence-corrected chi connectivity index (χ2v) is 2.58. The summed E-state index contributed by atoms with van der Waals surface area (Å²) in [6.07, 6.45) is -2.88. The molecule has 0 radical (unpaired) electrons. The minimum absolute atomic E-state index is 0.00309. The summed E-state index contributed by atoms with van der Waals surface area (Å²) >= 11 is 3.80. The van der Waals surface area contributed by atoms with Gasteiger partial charge in [-0.3, -0.25) is 0 Å². The molecule has 0 aliphatic rings. The zero-order valence-corrected chi connectivity index (χ0v) is 6.12. The Bertz CT molecular complexity index is 93.7. The van der Waals surface area contributed by atoms with Crippen LogP contribution < -0.4 is 5.32 Å². The number of hydrogen-bond donors (Lipinski definition) is 6. The van der Waals surface area contributed by atoms with Gasteiger partial charge in [0.25, 0.3) is 0 Å². The highest BCUT2D eigenvalue weighted by atomic mass is 32.1. The molecule has 62 valence electrons. The molecule has 0 spiro atoms. The van der Waals surface area contributed by atoms with Crippen LogP contribution in [-0.4, -0.2) is 44.9 Å². The van der Waals surface area contributed by atoms with Crippen LogP contribution in [0.2, 0.25) is 0 Å². The SMILES string of the molecule is OCC(S)CNC(O)(O)O. The summed E-state index contributed by atoms with van der Waals surface area (Å²) in [6.45, 7) is -0.199. The van der Waals surface area contributed by atoms with E-state index < -0.39 is 11.3 Å². The summed E-state index contributed by atoms with van der Waals surface area (Å²) in [7, 11) is 0. The van der Waals surface area contributed by atoms with Crippen molar-refractivity contribution in [1.29, 1.82) is 0 Å². The smallest absolute Gasteiger partial charge is 0.343 e. The number of thiol groups is 1. The molecule has 0 aliphatic heterocycles. The molecule has 6 heteroatoms. The summed E-state index contributed by atoms with van der Waals surface area (Å²) < 4.78 is 0. The maximum atomic E-state index is 8.37. The third kappa shape index (κ3) is 6.27. The largest absolute Gasteiger partial charge is 0.395 e. The van der Waals surface area contributed by atoms with Crippen molar-refractivity contribution in [1.82, 2.24) is 5.32 Å². The first-order chi connectivity index (χ1) is 4.45. The average Bonchev–Trinajstić information content (AvgIpc) is 1.81. The molecule has 0 rings (SSSR count). The predicted molar refractivity (Wildman–Crippen MR) is 37.2 cm³/mol. The lowest BCUT2D eigenvalue weighted by atomic mass is 10.4. The fourth-order valence-electron chi connectivity index (χ4n) is 0.319. The number of nitrogens with one attached hydrogen (secondary N) is 1. The van der Waals surface area contributed by atoms with E-state index in [0.29, 0.717) is 0 Å². The lowest BCUT2D eigenvalue weighted by molar-refractivity contribution is -0.331. The fourth-order valence-corrected chi connectivity index (χ4v) is 0.411. The van der Waals surface area contributed by atoms with Gasteiger partial charge in [-0.2, -0.15) is 12.6 Å². The van der Waals surface area contributed by atoms with E-state index in [1.54, 1.807) is 0 Å². The van der Waals surface area contributed by atoms with Crippen molar-refractivity contribution in [3.8, 4) is 0 Å². The Labute approximate surface area is 63.7 Å². The molecule has 0 aromatic heterocycles. The summed E-state index contributed by atoms with van der Waals surface area (Å²) in [6, 6.07) is 0. The second kappa shape index (κ2) is 4.12. The van der Waals surface area contributed by atoms with Gasteiger partial charge in [-0.25, -0.2) is 5.32 Å². The molecule has 0 amide bonds. The maximum absolute atomic E-state index is 8.37. The molecule has 0 bridgehead atoms. The van der Waals surface area contributed by atoms with E-state index >= 15 is 0 Å². The summed E-state index contributed by atoms with van der Waals surface area (Å²) in [5.41, 5.74) is 0. The zero-order chi connectivity index (χ0) is 8.20. The Morgan fingerprint density at radius 3 is 2.20 bits per heavy atom. The van der Waals surface area contributed by atoms with Crippen LogP contribution in [0.4, 0.5) is 0 Å². The van der Waals surface area contributed by atoms with Crippen molar-refractivity contribution >= 4 is 12.6 Å². The Kier molecular flexibility index (Phi) is 4.18. The third-order valence-corrected chi connectivity index (χ3v) is 1.13. The third-order valence-electron chi connectivity index (χ3n) is 0.786. The van der Waals surface area contributed by atoms with Gasteiger partial charge in [0.05, 0.1) is 6.61 Å². The lowest BCUT2D eigenvalue weighted by Gasteiger charge is -2.17. The van der Waals surface area contributed by atoms with Gasteiger partial charge in [0.1, 0.15) is 0 Å². The molecule has 0 aromatic carbocycles. The highest BCUT2D eigenvalue weighted by Crippen LogP contribution is 1.92. The Morgan fingerprint density at radius 2 is 1.90 bits per heavy atom. The molecule has 0 aliphatic carbocycles. The average molecular weight is 169 g/mol. The van der Waals surface area contributed by atoms with Crippen LogP contribution in [0, 0.1) is 0 Å². The molecule has 5 N–H and O–H groups in total. The second-order valence-electron chi connectivity index (χ2n) is 1.85. The van der Waals surface area contributed by atoms with Crippen LogP contribution in [0.1, 0.15) is 0 Å². The summed E-state index contributed by atoms with van der Waals surface area (Å²) in [4.78, 5) is 0. The Hall–Kier alpha value is 0.150. The quantitative estimate of drug-likeness (QED) is 0.206. The lowest BCUT2D eigenvalue weighted by Crippen LogP contribution is -2.47. The molecular weight excluding hydrogens is 158 g/mol. The van der Waals surface area contributed by atoms with Gasteiger partial charge < -0.3 is 20.4 Å². The molecule has 5 nitrogen and oxygen atoms in total. The van der Waals surface area contributed by atoms with Crippen LogP contribution >= 0.6 is 12.6 Å². The predicted octanol–water partition coefficient (Wildman–Crippen LogP) is -2.55. The van der Waals surface area contributed by atoms with Gasteiger partial charge in [-0.15, -0.1) is 0 Å². The Balaban J connectivity index is 3.36. The summed E-state index contributed by atoms with van der Waals surface area (Å²) in [5, 5.41) is 34.6. The van der Waals surface area contributed by atoms with Crippen molar-refractivity contribution in [3.63, 3.8) is 0 Å². The van der Waals surface area contributed by atoms with Crippen LogP contribution in [-0.2, 0) is 0 Å². The number of aliphatic hydroxyl groups excluding tert-OH is 1. The van der Waals surface area contributed by atoms with E-state index in [0.717, 1.165) is 0 Å². The maximum Gasteiger partial charge on any atom is 0.343 e. The van der Waals surface area contributed by atoms with E-state index in [2.05, 4.69) is 12.6 Å². The van der Waals surface area contributed by atoms with Crippen molar-refractivity contribution in [2.45, 2.75) is 11.3 Å². The van der Waals surface area contributed by atoms with Gasteiger partial charge in [-0.1, -0.05) is 0 Å². The summed E-state index contributed by atoms with van der Waals surface area (Å²) in [5.74, 6) is 0. The molecule has 0 fully saturated rings. The van der Waals surface area contributed by atoms with Crippen LogP contribution in [0.25, 0.3) is 0 Å². The van der Waals surface area contributed by atoms with Gasteiger partial charge in [0.15, 0.2) is 0 Å². The first kappa shape index (κ1) is 10.2. The zero-order valence-electron chi connectivity index (χ0n) is 5.23. The molecule has 0 saturated heterocycles. The van der Waals surface area contributed by atoms with Crippen molar-refractivity contribution in [3.05, 3.63) is 0 Å². The molecular formula is C4H11NO4S. The molecule has 0 heterocycles. The number of rotatable bonds is 4. The Morgan fingerprint density at radius 1 is 1.40 bits per heavy atom.